The normalized spacial score (nSPS) is 11.5. The Bertz CT molecular complexity index is 356. The molecule has 3 heteroatoms. The van der Waals surface area contributed by atoms with E-state index < -0.39 is 0 Å². The number of hydrogen-bond donors (Lipinski definition) is 2. The first-order valence-corrected chi connectivity index (χ1v) is 5.99. The zero-order valence-corrected chi connectivity index (χ0v) is 11.2. The number of methoxy groups -OCH3 is 1. The zero-order valence-electron chi connectivity index (χ0n) is 11.2. The fourth-order valence-corrected chi connectivity index (χ4v) is 1.53. The van der Waals surface area contributed by atoms with Crippen LogP contribution in [-0.4, -0.2) is 18.8 Å². The lowest BCUT2D eigenvalue weighted by Crippen LogP contribution is -2.20. The molecule has 1 aromatic rings. The van der Waals surface area contributed by atoms with E-state index in [0.29, 0.717) is 11.2 Å². The summed E-state index contributed by atoms with van der Waals surface area (Å²) in [7, 11) is 1.56. The van der Waals surface area contributed by atoms with Crippen LogP contribution in [0.1, 0.15) is 32.8 Å². The second-order valence-electron chi connectivity index (χ2n) is 5.49. The van der Waals surface area contributed by atoms with Crippen LogP contribution >= 0.6 is 0 Å². The topological polar surface area (TPSA) is 41.5 Å². The van der Waals surface area contributed by atoms with Gasteiger partial charge in [0.15, 0.2) is 11.5 Å². The van der Waals surface area contributed by atoms with Crippen LogP contribution in [0.15, 0.2) is 18.2 Å². The monoisotopic (exact) mass is 237 g/mol. The van der Waals surface area contributed by atoms with Crippen LogP contribution in [0.2, 0.25) is 0 Å². The largest absolute Gasteiger partial charge is 0.504 e. The summed E-state index contributed by atoms with van der Waals surface area (Å²) in [6.07, 6.45) is 1.14. The summed E-state index contributed by atoms with van der Waals surface area (Å²) in [6.45, 7) is 8.49. The van der Waals surface area contributed by atoms with Crippen molar-refractivity contribution in [2.45, 2.75) is 33.7 Å². The Kier molecular flexibility index (Phi) is 4.82. The van der Waals surface area contributed by atoms with Crippen LogP contribution in [0.3, 0.4) is 0 Å². The molecule has 1 aromatic carbocycles. The molecule has 0 heterocycles. The van der Waals surface area contributed by atoms with Crippen molar-refractivity contribution < 1.29 is 9.84 Å². The molecule has 0 saturated carbocycles. The third kappa shape index (κ3) is 5.09. The molecular formula is C14H23NO2. The molecule has 0 aliphatic rings. The number of nitrogens with one attached hydrogen (secondary N) is 1. The number of hydrogen-bond acceptors (Lipinski definition) is 3. The Balaban J connectivity index is 2.42. The van der Waals surface area contributed by atoms with Gasteiger partial charge < -0.3 is 15.2 Å². The minimum atomic E-state index is 0.186. The fraction of sp³-hybridized carbons (Fsp3) is 0.571. The van der Waals surface area contributed by atoms with Gasteiger partial charge in [0.1, 0.15) is 0 Å². The molecule has 0 atom stereocenters. The first-order chi connectivity index (χ1) is 7.92. The van der Waals surface area contributed by atoms with Gasteiger partial charge in [0.05, 0.1) is 7.11 Å². The number of phenols is 1. The van der Waals surface area contributed by atoms with E-state index in [1.807, 2.05) is 12.1 Å². The van der Waals surface area contributed by atoms with E-state index >= 15 is 0 Å². The van der Waals surface area contributed by atoms with E-state index in [4.69, 9.17) is 4.74 Å². The van der Waals surface area contributed by atoms with Gasteiger partial charge in [-0.1, -0.05) is 26.8 Å². The van der Waals surface area contributed by atoms with Crippen LogP contribution in [0.5, 0.6) is 11.5 Å². The van der Waals surface area contributed by atoms with E-state index in [0.717, 1.165) is 25.1 Å². The van der Waals surface area contributed by atoms with Gasteiger partial charge in [0.25, 0.3) is 0 Å². The lowest BCUT2D eigenvalue weighted by atomic mass is 9.92. The Labute approximate surface area is 104 Å². The number of phenolic OH excluding ortho intramolecular Hbond substituents is 1. The molecule has 0 amide bonds. The van der Waals surface area contributed by atoms with Gasteiger partial charge in [-0.05, 0) is 36.1 Å². The standard InChI is InChI=1S/C14H23NO2/c1-14(2,3)7-8-15-10-11-5-6-12(16)13(9-11)17-4/h5-6,9,15-16H,7-8,10H2,1-4H3. The van der Waals surface area contributed by atoms with Crippen LogP contribution < -0.4 is 10.1 Å². The van der Waals surface area contributed by atoms with Gasteiger partial charge in [-0.25, -0.2) is 0 Å². The zero-order chi connectivity index (χ0) is 12.9. The minimum Gasteiger partial charge on any atom is -0.504 e. The van der Waals surface area contributed by atoms with Crippen molar-refractivity contribution in [3.05, 3.63) is 23.8 Å². The number of rotatable bonds is 5. The quantitative estimate of drug-likeness (QED) is 0.774. The highest BCUT2D eigenvalue weighted by Gasteiger charge is 2.09. The maximum Gasteiger partial charge on any atom is 0.160 e. The first-order valence-electron chi connectivity index (χ1n) is 5.99. The van der Waals surface area contributed by atoms with Crippen LogP contribution in [0.25, 0.3) is 0 Å². The summed E-state index contributed by atoms with van der Waals surface area (Å²) >= 11 is 0. The Morgan fingerprint density at radius 2 is 2.00 bits per heavy atom. The highest BCUT2D eigenvalue weighted by Crippen LogP contribution is 2.26. The summed E-state index contributed by atoms with van der Waals surface area (Å²) in [4.78, 5) is 0. The molecule has 0 radical (unpaired) electrons. The smallest absolute Gasteiger partial charge is 0.160 e. The lowest BCUT2D eigenvalue weighted by molar-refractivity contribution is 0.365. The summed E-state index contributed by atoms with van der Waals surface area (Å²) in [5, 5.41) is 12.9. The van der Waals surface area contributed by atoms with Crippen LogP contribution in [0.4, 0.5) is 0 Å². The number of aromatic hydroxyl groups is 1. The van der Waals surface area contributed by atoms with Crippen molar-refractivity contribution in [3.63, 3.8) is 0 Å². The predicted octanol–water partition coefficient (Wildman–Crippen LogP) is 2.93. The molecule has 0 aromatic heterocycles. The number of benzene rings is 1. The van der Waals surface area contributed by atoms with E-state index in [-0.39, 0.29) is 5.75 Å². The summed E-state index contributed by atoms with van der Waals surface area (Å²) in [5.41, 5.74) is 1.48. The summed E-state index contributed by atoms with van der Waals surface area (Å²) in [5.74, 6) is 0.714. The van der Waals surface area contributed by atoms with Crippen LogP contribution in [-0.2, 0) is 6.54 Å². The van der Waals surface area contributed by atoms with Crippen molar-refractivity contribution in [3.8, 4) is 11.5 Å². The second kappa shape index (κ2) is 5.92. The van der Waals surface area contributed by atoms with Crippen molar-refractivity contribution >= 4 is 0 Å². The van der Waals surface area contributed by atoms with Gasteiger partial charge in [0, 0.05) is 6.54 Å². The molecule has 0 saturated heterocycles. The summed E-state index contributed by atoms with van der Waals surface area (Å²) in [6, 6.07) is 5.43. The van der Waals surface area contributed by atoms with E-state index in [9.17, 15) is 5.11 Å². The molecule has 17 heavy (non-hydrogen) atoms. The molecule has 0 fully saturated rings. The maximum absolute atomic E-state index is 9.47. The highest BCUT2D eigenvalue weighted by molar-refractivity contribution is 5.41. The maximum atomic E-state index is 9.47. The van der Waals surface area contributed by atoms with Crippen molar-refractivity contribution in [2.24, 2.45) is 5.41 Å². The van der Waals surface area contributed by atoms with Gasteiger partial charge in [0.2, 0.25) is 0 Å². The van der Waals surface area contributed by atoms with E-state index in [2.05, 4.69) is 26.1 Å². The molecule has 2 N–H and O–H groups in total. The molecule has 0 aliphatic carbocycles. The molecule has 1 rings (SSSR count). The van der Waals surface area contributed by atoms with Gasteiger partial charge >= 0.3 is 0 Å². The lowest BCUT2D eigenvalue weighted by Gasteiger charge is -2.18. The van der Waals surface area contributed by atoms with E-state index in [1.54, 1.807) is 13.2 Å². The average Bonchev–Trinajstić information content (AvgIpc) is 2.25. The molecule has 0 aliphatic heterocycles. The number of ether oxygens (including phenoxy) is 1. The molecule has 3 nitrogen and oxygen atoms in total. The second-order valence-corrected chi connectivity index (χ2v) is 5.49. The first kappa shape index (κ1) is 13.8. The predicted molar refractivity (Wildman–Crippen MR) is 70.4 cm³/mol. The van der Waals surface area contributed by atoms with Crippen LogP contribution in [0, 0.1) is 5.41 Å². The van der Waals surface area contributed by atoms with Gasteiger partial charge in [-0.3, -0.25) is 0 Å². The van der Waals surface area contributed by atoms with E-state index in [1.165, 1.54) is 0 Å². The Hall–Kier alpha value is -1.22. The van der Waals surface area contributed by atoms with Gasteiger partial charge in [-0.15, -0.1) is 0 Å². The van der Waals surface area contributed by atoms with Crippen molar-refractivity contribution in [1.29, 1.82) is 0 Å². The third-order valence-electron chi connectivity index (χ3n) is 2.63. The fourth-order valence-electron chi connectivity index (χ4n) is 1.53. The third-order valence-corrected chi connectivity index (χ3v) is 2.63. The Morgan fingerprint density at radius 3 is 2.59 bits per heavy atom. The molecule has 0 spiro atoms. The average molecular weight is 237 g/mol. The summed E-state index contributed by atoms with van der Waals surface area (Å²) < 4.78 is 5.07. The SMILES string of the molecule is COc1cc(CNCCC(C)(C)C)ccc1O. The Morgan fingerprint density at radius 1 is 1.29 bits per heavy atom. The van der Waals surface area contributed by atoms with Crippen molar-refractivity contribution in [1.82, 2.24) is 5.32 Å². The van der Waals surface area contributed by atoms with Gasteiger partial charge in [-0.2, -0.15) is 0 Å². The molecule has 0 unspecified atom stereocenters. The highest BCUT2D eigenvalue weighted by atomic mass is 16.5. The molecule has 0 bridgehead atoms. The minimum absolute atomic E-state index is 0.186. The molecular weight excluding hydrogens is 214 g/mol. The molecule has 96 valence electrons. The van der Waals surface area contributed by atoms with Crippen molar-refractivity contribution in [2.75, 3.05) is 13.7 Å².